The summed E-state index contributed by atoms with van der Waals surface area (Å²) < 4.78 is 0. The van der Waals surface area contributed by atoms with Crippen LogP contribution in [0.25, 0.3) is 0 Å². The molecule has 0 spiro atoms. The Balaban J connectivity index is 3.09. The van der Waals surface area contributed by atoms with E-state index in [1.54, 1.807) is 0 Å². The van der Waals surface area contributed by atoms with Gasteiger partial charge in [0, 0.05) is 32.5 Å². The van der Waals surface area contributed by atoms with E-state index in [2.05, 4.69) is 16.6 Å². The summed E-state index contributed by atoms with van der Waals surface area (Å²) in [7, 11) is 0. The Morgan fingerprint density at radius 2 is 2.25 bits per heavy atom. The Morgan fingerprint density at radius 1 is 1.50 bits per heavy atom. The molecule has 0 unspecified atom stereocenters. The lowest BCUT2D eigenvalue weighted by Gasteiger charge is -2.02. The maximum Gasteiger partial charge on any atom is 0.221 e. The average molecular weight is 168 g/mol. The molecular weight excluding hydrogens is 152 g/mol. The standard InChI is InChI=1S/C9H16N2O/c1-3-5-7-10-8-6-9(12)11-4-2/h1,10H,4-8H2,2H3,(H,11,12). The Labute approximate surface area is 73.9 Å². The van der Waals surface area contributed by atoms with E-state index >= 15 is 0 Å². The van der Waals surface area contributed by atoms with E-state index in [4.69, 9.17) is 6.42 Å². The fraction of sp³-hybridized carbons (Fsp3) is 0.667. The predicted molar refractivity (Wildman–Crippen MR) is 49.6 cm³/mol. The molecular formula is C9H16N2O. The second-order valence-corrected chi connectivity index (χ2v) is 2.41. The Kier molecular flexibility index (Phi) is 7.41. The van der Waals surface area contributed by atoms with Crippen molar-refractivity contribution < 1.29 is 4.79 Å². The zero-order valence-electron chi connectivity index (χ0n) is 7.52. The van der Waals surface area contributed by atoms with Crippen molar-refractivity contribution in [1.29, 1.82) is 0 Å². The highest BCUT2D eigenvalue weighted by molar-refractivity contribution is 5.75. The fourth-order valence-corrected chi connectivity index (χ4v) is 0.773. The van der Waals surface area contributed by atoms with E-state index in [-0.39, 0.29) is 5.91 Å². The van der Waals surface area contributed by atoms with Gasteiger partial charge in [-0.3, -0.25) is 4.79 Å². The number of terminal acetylenes is 1. The van der Waals surface area contributed by atoms with Crippen LogP contribution in [0.2, 0.25) is 0 Å². The first kappa shape index (κ1) is 11.0. The third kappa shape index (κ3) is 7.10. The minimum absolute atomic E-state index is 0.0886. The van der Waals surface area contributed by atoms with Gasteiger partial charge in [0.25, 0.3) is 0 Å². The van der Waals surface area contributed by atoms with Gasteiger partial charge in [-0.05, 0) is 6.92 Å². The van der Waals surface area contributed by atoms with E-state index in [1.165, 1.54) is 0 Å². The maximum atomic E-state index is 10.9. The molecule has 0 aliphatic carbocycles. The van der Waals surface area contributed by atoms with Gasteiger partial charge in [-0.25, -0.2) is 0 Å². The van der Waals surface area contributed by atoms with Crippen molar-refractivity contribution in [2.45, 2.75) is 19.8 Å². The average Bonchev–Trinajstić information content (AvgIpc) is 2.05. The molecule has 0 bridgehead atoms. The molecule has 0 aromatic heterocycles. The van der Waals surface area contributed by atoms with Gasteiger partial charge < -0.3 is 10.6 Å². The van der Waals surface area contributed by atoms with Crippen molar-refractivity contribution in [2.75, 3.05) is 19.6 Å². The SMILES string of the molecule is C#CCCNCCC(=O)NCC. The van der Waals surface area contributed by atoms with Gasteiger partial charge in [0.2, 0.25) is 5.91 Å². The van der Waals surface area contributed by atoms with Gasteiger partial charge in [0.05, 0.1) is 0 Å². The molecule has 12 heavy (non-hydrogen) atoms. The first-order valence-corrected chi connectivity index (χ1v) is 4.22. The quantitative estimate of drug-likeness (QED) is 0.437. The number of hydrogen-bond donors (Lipinski definition) is 2. The van der Waals surface area contributed by atoms with Crippen LogP contribution in [0, 0.1) is 12.3 Å². The summed E-state index contributed by atoms with van der Waals surface area (Å²) in [6.07, 6.45) is 6.29. The van der Waals surface area contributed by atoms with Crippen LogP contribution in [0.1, 0.15) is 19.8 Å². The lowest BCUT2D eigenvalue weighted by atomic mass is 10.3. The first-order chi connectivity index (χ1) is 5.81. The third-order valence-electron chi connectivity index (χ3n) is 1.35. The molecule has 3 nitrogen and oxygen atoms in total. The second kappa shape index (κ2) is 8.09. The molecule has 3 heteroatoms. The molecule has 68 valence electrons. The summed E-state index contributed by atoms with van der Waals surface area (Å²) in [5, 5.41) is 5.79. The van der Waals surface area contributed by atoms with Crippen LogP contribution in [-0.2, 0) is 4.79 Å². The van der Waals surface area contributed by atoms with Crippen molar-refractivity contribution in [1.82, 2.24) is 10.6 Å². The lowest BCUT2D eigenvalue weighted by molar-refractivity contribution is -0.120. The van der Waals surface area contributed by atoms with E-state index in [9.17, 15) is 4.79 Å². The largest absolute Gasteiger partial charge is 0.356 e. The normalized spacial score (nSPS) is 9.00. The fourth-order valence-electron chi connectivity index (χ4n) is 0.773. The van der Waals surface area contributed by atoms with Gasteiger partial charge >= 0.3 is 0 Å². The van der Waals surface area contributed by atoms with Gasteiger partial charge in [0.1, 0.15) is 0 Å². The summed E-state index contributed by atoms with van der Waals surface area (Å²) in [6, 6.07) is 0. The summed E-state index contributed by atoms with van der Waals surface area (Å²) in [4.78, 5) is 10.9. The highest BCUT2D eigenvalue weighted by Crippen LogP contribution is 1.77. The van der Waals surface area contributed by atoms with Crippen LogP contribution < -0.4 is 10.6 Å². The van der Waals surface area contributed by atoms with E-state index in [0.717, 1.165) is 13.0 Å². The summed E-state index contributed by atoms with van der Waals surface area (Å²) >= 11 is 0. The van der Waals surface area contributed by atoms with Crippen molar-refractivity contribution in [3.63, 3.8) is 0 Å². The number of carbonyl (C=O) groups is 1. The van der Waals surface area contributed by atoms with Crippen LogP contribution >= 0.6 is 0 Å². The van der Waals surface area contributed by atoms with Crippen LogP contribution in [-0.4, -0.2) is 25.5 Å². The summed E-state index contributed by atoms with van der Waals surface area (Å²) in [5.41, 5.74) is 0. The van der Waals surface area contributed by atoms with E-state index in [1.807, 2.05) is 6.92 Å². The van der Waals surface area contributed by atoms with E-state index < -0.39 is 0 Å². The number of carbonyl (C=O) groups excluding carboxylic acids is 1. The highest BCUT2D eigenvalue weighted by atomic mass is 16.1. The van der Waals surface area contributed by atoms with Crippen LogP contribution in [0.5, 0.6) is 0 Å². The number of nitrogens with one attached hydrogen (secondary N) is 2. The van der Waals surface area contributed by atoms with Crippen molar-refractivity contribution in [3.05, 3.63) is 0 Å². The second-order valence-electron chi connectivity index (χ2n) is 2.41. The number of amides is 1. The van der Waals surface area contributed by atoms with Crippen LogP contribution in [0.4, 0.5) is 0 Å². The topological polar surface area (TPSA) is 41.1 Å². The van der Waals surface area contributed by atoms with Crippen LogP contribution in [0.3, 0.4) is 0 Å². The lowest BCUT2D eigenvalue weighted by Crippen LogP contribution is -2.27. The molecule has 0 aromatic carbocycles. The van der Waals surface area contributed by atoms with Gasteiger partial charge in [0.15, 0.2) is 0 Å². The highest BCUT2D eigenvalue weighted by Gasteiger charge is 1.96. The number of rotatable bonds is 6. The Bertz CT molecular complexity index is 160. The zero-order chi connectivity index (χ0) is 9.23. The molecule has 0 radical (unpaired) electrons. The van der Waals surface area contributed by atoms with Gasteiger partial charge in [-0.1, -0.05) is 0 Å². The zero-order valence-corrected chi connectivity index (χ0v) is 7.52. The minimum Gasteiger partial charge on any atom is -0.356 e. The summed E-state index contributed by atoms with van der Waals surface area (Å²) in [6.45, 7) is 4.09. The van der Waals surface area contributed by atoms with Gasteiger partial charge in [-0.2, -0.15) is 0 Å². The molecule has 0 saturated heterocycles. The molecule has 0 aromatic rings. The van der Waals surface area contributed by atoms with Crippen molar-refractivity contribution in [2.24, 2.45) is 0 Å². The molecule has 0 fully saturated rings. The Morgan fingerprint density at radius 3 is 2.83 bits per heavy atom. The van der Waals surface area contributed by atoms with Crippen molar-refractivity contribution in [3.8, 4) is 12.3 Å². The molecule has 0 aliphatic rings. The first-order valence-electron chi connectivity index (χ1n) is 4.22. The van der Waals surface area contributed by atoms with Gasteiger partial charge in [-0.15, -0.1) is 12.3 Å². The molecule has 0 atom stereocenters. The number of hydrogen-bond acceptors (Lipinski definition) is 2. The van der Waals surface area contributed by atoms with Crippen molar-refractivity contribution >= 4 is 5.91 Å². The van der Waals surface area contributed by atoms with E-state index in [0.29, 0.717) is 19.5 Å². The Hall–Kier alpha value is -1.01. The van der Waals surface area contributed by atoms with Crippen LogP contribution in [0.15, 0.2) is 0 Å². The smallest absolute Gasteiger partial charge is 0.221 e. The molecule has 0 aliphatic heterocycles. The molecule has 0 saturated carbocycles. The predicted octanol–water partition coefficient (Wildman–Crippen LogP) is 0.125. The summed E-state index contributed by atoms with van der Waals surface area (Å²) in [5.74, 6) is 2.61. The molecule has 0 rings (SSSR count). The minimum atomic E-state index is 0.0886. The molecule has 1 amide bonds. The molecule has 2 N–H and O–H groups in total. The maximum absolute atomic E-state index is 10.9. The third-order valence-corrected chi connectivity index (χ3v) is 1.35. The molecule has 0 heterocycles. The monoisotopic (exact) mass is 168 g/mol.